The number of carbonyl (C=O) groups is 3. The number of amides is 3. The molecule has 1 aliphatic rings. The Hall–Kier alpha value is -3.61. The van der Waals surface area contributed by atoms with E-state index in [0.717, 1.165) is 35.2 Å². The van der Waals surface area contributed by atoms with E-state index in [1.807, 2.05) is 0 Å². The zero-order chi connectivity index (χ0) is 25.8. The van der Waals surface area contributed by atoms with E-state index in [1.54, 1.807) is 0 Å². The van der Waals surface area contributed by atoms with Crippen LogP contribution in [0.5, 0.6) is 0 Å². The maximum Gasteiger partial charge on any atom is 0.471 e. The normalized spacial score (nSPS) is 13.9. The van der Waals surface area contributed by atoms with Crippen LogP contribution in [0.2, 0.25) is 0 Å². The number of ether oxygens (including phenoxy) is 1. The van der Waals surface area contributed by atoms with Crippen LogP contribution < -0.4 is 10.2 Å². The van der Waals surface area contributed by atoms with Crippen molar-refractivity contribution in [2.75, 3.05) is 37.7 Å². The molecule has 188 valence electrons. The lowest BCUT2D eigenvalue weighted by Crippen LogP contribution is -2.48. The number of urea groups is 1. The minimum atomic E-state index is -5.18. The zero-order valence-electron chi connectivity index (χ0n) is 18.0. The van der Waals surface area contributed by atoms with Gasteiger partial charge in [0.1, 0.15) is 17.5 Å². The summed E-state index contributed by atoms with van der Waals surface area (Å²) in [5.74, 6) is -6.24. The zero-order valence-corrected chi connectivity index (χ0v) is 18.0. The first-order valence-electron chi connectivity index (χ1n) is 10.2. The molecule has 1 heterocycles. The number of morpholine rings is 1. The number of ketones is 1. The SMILES string of the molecule is O=C(CNC(=O)C(F)(F)F)c1ccc(CN(C(=O)N2CCOCC2)c2ccc(F)cc2F)c(F)c1. The summed E-state index contributed by atoms with van der Waals surface area (Å²) in [5, 5.41) is 1.39. The molecule has 0 radical (unpaired) electrons. The molecule has 0 bridgehead atoms. The van der Waals surface area contributed by atoms with Gasteiger partial charge in [-0.15, -0.1) is 0 Å². The van der Waals surface area contributed by atoms with Crippen molar-refractivity contribution in [1.29, 1.82) is 0 Å². The van der Waals surface area contributed by atoms with Gasteiger partial charge in [0.15, 0.2) is 5.78 Å². The maximum absolute atomic E-state index is 14.8. The van der Waals surface area contributed by atoms with Crippen molar-refractivity contribution in [3.63, 3.8) is 0 Å². The molecule has 0 saturated carbocycles. The van der Waals surface area contributed by atoms with Crippen molar-refractivity contribution in [3.05, 3.63) is 65.0 Å². The summed E-state index contributed by atoms with van der Waals surface area (Å²) in [7, 11) is 0. The predicted octanol–water partition coefficient (Wildman–Crippen LogP) is 3.42. The van der Waals surface area contributed by atoms with Crippen LogP contribution >= 0.6 is 0 Å². The van der Waals surface area contributed by atoms with E-state index < -0.39 is 54.4 Å². The Balaban J connectivity index is 1.82. The molecule has 13 heteroatoms. The fourth-order valence-corrected chi connectivity index (χ4v) is 3.26. The third-order valence-electron chi connectivity index (χ3n) is 5.08. The number of hydrogen-bond acceptors (Lipinski definition) is 4. The predicted molar refractivity (Wildman–Crippen MR) is 110 cm³/mol. The molecule has 1 aliphatic heterocycles. The van der Waals surface area contributed by atoms with Gasteiger partial charge in [0, 0.05) is 30.3 Å². The van der Waals surface area contributed by atoms with Gasteiger partial charge in [-0.2, -0.15) is 13.2 Å². The van der Waals surface area contributed by atoms with Gasteiger partial charge in [0.05, 0.1) is 32.0 Å². The summed E-state index contributed by atoms with van der Waals surface area (Å²) in [4.78, 5) is 38.3. The molecule has 0 unspecified atom stereocenters. The summed E-state index contributed by atoms with van der Waals surface area (Å²) in [6.45, 7) is -0.651. The quantitative estimate of drug-likeness (QED) is 0.484. The van der Waals surface area contributed by atoms with Crippen molar-refractivity contribution in [1.82, 2.24) is 10.2 Å². The number of benzene rings is 2. The topological polar surface area (TPSA) is 79.0 Å². The molecule has 3 amide bonds. The van der Waals surface area contributed by atoms with E-state index in [1.165, 1.54) is 10.2 Å². The highest BCUT2D eigenvalue weighted by Crippen LogP contribution is 2.25. The summed E-state index contributed by atoms with van der Waals surface area (Å²) >= 11 is 0. The van der Waals surface area contributed by atoms with Crippen molar-refractivity contribution in [2.24, 2.45) is 0 Å². The number of nitrogens with one attached hydrogen (secondary N) is 1. The first-order valence-corrected chi connectivity index (χ1v) is 10.2. The molecule has 1 saturated heterocycles. The third-order valence-corrected chi connectivity index (χ3v) is 5.08. The number of hydrogen-bond donors (Lipinski definition) is 1. The lowest BCUT2D eigenvalue weighted by Gasteiger charge is -2.33. The smallest absolute Gasteiger partial charge is 0.378 e. The molecule has 1 fully saturated rings. The standard InChI is InChI=1S/C22H19F6N3O4/c23-15-3-4-18(17(25)10-15)31(21(34)30-5-7-35-8-6-30)12-14-2-1-13(9-16(14)24)19(32)11-29-20(33)22(26,27)28/h1-4,9-10H,5-8,11-12H2,(H,29,33). The highest BCUT2D eigenvalue weighted by Gasteiger charge is 2.38. The second kappa shape index (κ2) is 10.8. The van der Waals surface area contributed by atoms with Crippen LogP contribution in [0.1, 0.15) is 15.9 Å². The van der Waals surface area contributed by atoms with Gasteiger partial charge in [-0.3, -0.25) is 14.5 Å². The second-order valence-corrected chi connectivity index (χ2v) is 7.47. The molecule has 0 aromatic heterocycles. The lowest BCUT2D eigenvalue weighted by molar-refractivity contribution is -0.173. The Kier molecular flexibility index (Phi) is 7.99. The monoisotopic (exact) mass is 503 g/mol. The van der Waals surface area contributed by atoms with Gasteiger partial charge in [-0.1, -0.05) is 12.1 Å². The van der Waals surface area contributed by atoms with E-state index in [0.29, 0.717) is 6.07 Å². The molecule has 0 atom stereocenters. The number of halogens is 6. The van der Waals surface area contributed by atoms with Crippen LogP contribution in [-0.4, -0.2) is 61.6 Å². The number of Topliss-reactive ketones (excluding diaryl/α,β-unsaturated/α-hetero) is 1. The molecule has 0 aliphatic carbocycles. The Labute approximate surface area is 195 Å². The number of nitrogens with zero attached hydrogens (tertiary/aromatic N) is 2. The van der Waals surface area contributed by atoms with Gasteiger partial charge in [-0.05, 0) is 18.2 Å². The minimum Gasteiger partial charge on any atom is -0.378 e. The molecule has 2 aromatic carbocycles. The van der Waals surface area contributed by atoms with Crippen LogP contribution in [0.25, 0.3) is 0 Å². The molecular weight excluding hydrogens is 484 g/mol. The summed E-state index contributed by atoms with van der Waals surface area (Å²) < 4.78 is 84.7. The van der Waals surface area contributed by atoms with Crippen molar-refractivity contribution >= 4 is 23.4 Å². The van der Waals surface area contributed by atoms with Crippen molar-refractivity contribution < 1.29 is 45.5 Å². The number of alkyl halides is 3. The number of anilines is 1. The van der Waals surface area contributed by atoms with Crippen molar-refractivity contribution in [2.45, 2.75) is 12.7 Å². The lowest BCUT2D eigenvalue weighted by atomic mass is 10.1. The fraction of sp³-hybridized carbons (Fsp3) is 0.318. The van der Waals surface area contributed by atoms with Crippen LogP contribution in [-0.2, 0) is 16.1 Å². The largest absolute Gasteiger partial charge is 0.471 e. The van der Waals surface area contributed by atoms with E-state index in [2.05, 4.69) is 0 Å². The second-order valence-electron chi connectivity index (χ2n) is 7.47. The van der Waals surface area contributed by atoms with Gasteiger partial charge in [0.2, 0.25) is 0 Å². The molecule has 3 rings (SSSR count). The summed E-state index contributed by atoms with van der Waals surface area (Å²) in [6, 6.07) is 4.79. The first-order chi connectivity index (χ1) is 16.5. The minimum absolute atomic E-state index is 0.147. The maximum atomic E-state index is 14.8. The van der Waals surface area contributed by atoms with Crippen LogP contribution in [0.3, 0.4) is 0 Å². The molecule has 35 heavy (non-hydrogen) atoms. The molecule has 1 N–H and O–H groups in total. The number of rotatable bonds is 6. The van der Waals surface area contributed by atoms with Gasteiger partial charge < -0.3 is 15.0 Å². The molecule has 7 nitrogen and oxygen atoms in total. The van der Waals surface area contributed by atoms with Gasteiger partial charge in [0.25, 0.3) is 0 Å². The average Bonchev–Trinajstić information content (AvgIpc) is 2.81. The van der Waals surface area contributed by atoms with Crippen LogP contribution in [0.15, 0.2) is 36.4 Å². The summed E-state index contributed by atoms with van der Waals surface area (Å²) in [6.07, 6.45) is -5.18. The van der Waals surface area contributed by atoms with E-state index in [4.69, 9.17) is 4.74 Å². The highest BCUT2D eigenvalue weighted by atomic mass is 19.4. The molecule has 0 spiro atoms. The van der Waals surface area contributed by atoms with Crippen molar-refractivity contribution in [3.8, 4) is 0 Å². The van der Waals surface area contributed by atoms with Crippen LogP contribution in [0.4, 0.5) is 36.8 Å². The Morgan fingerprint density at radius 1 is 0.971 bits per heavy atom. The van der Waals surface area contributed by atoms with E-state index in [-0.39, 0.29) is 43.1 Å². The number of carbonyl (C=O) groups excluding carboxylic acids is 3. The third kappa shape index (κ3) is 6.50. The van der Waals surface area contributed by atoms with Gasteiger partial charge in [-0.25, -0.2) is 18.0 Å². The summed E-state index contributed by atoms with van der Waals surface area (Å²) in [5.41, 5.74) is -0.781. The Bertz CT molecular complexity index is 1120. The Morgan fingerprint density at radius 2 is 1.66 bits per heavy atom. The highest BCUT2D eigenvalue weighted by molar-refractivity contribution is 6.00. The van der Waals surface area contributed by atoms with Gasteiger partial charge >= 0.3 is 18.1 Å². The van der Waals surface area contributed by atoms with E-state index >= 15 is 0 Å². The molecular formula is C22H19F6N3O4. The average molecular weight is 503 g/mol. The molecule has 2 aromatic rings. The fourth-order valence-electron chi connectivity index (χ4n) is 3.26. The Morgan fingerprint density at radius 3 is 2.26 bits per heavy atom. The van der Waals surface area contributed by atoms with E-state index in [9.17, 15) is 40.7 Å². The van der Waals surface area contributed by atoms with Crippen LogP contribution in [0, 0.1) is 17.5 Å². The first kappa shape index (κ1) is 26.0.